The molecule has 0 aliphatic heterocycles. The van der Waals surface area contributed by atoms with Gasteiger partial charge in [-0.3, -0.25) is 0 Å². The van der Waals surface area contributed by atoms with Gasteiger partial charge in [-0.05, 0) is 61.1 Å². The van der Waals surface area contributed by atoms with Crippen molar-refractivity contribution in [3.63, 3.8) is 0 Å². The van der Waals surface area contributed by atoms with Crippen molar-refractivity contribution in [2.24, 2.45) is 0 Å². The van der Waals surface area contributed by atoms with E-state index in [9.17, 15) is 0 Å². The summed E-state index contributed by atoms with van der Waals surface area (Å²) in [6, 6.07) is 13.2. The predicted octanol–water partition coefficient (Wildman–Crippen LogP) is 5.86. The van der Waals surface area contributed by atoms with Crippen LogP contribution in [0.4, 0.5) is 0 Å². The quantitative estimate of drug-likeness (QED) is 0.540. The van der Waals surface area contributed by atoms with Gasteiger partial charge in [0.15, 0.2) is 0 Å². The van der Waals surface area contributed by atoms with E-state index < -0.39 is 0 Å². The lowest BCUT2D eigenvalue weighted by molar-refractivity contribution is 0.200. The maximum Gasteiger partial charge on any atom is 0.122 e. The van der Waals surface area contributed by atoms with Gasteiger partial charge in [0.1, 0.15) is 24.7 Å². The van der Waals surface area contributed by atoms with E-state index in [1.54, 1.807) is 0 Å². The zero-order valence-corrected chi connectivity index (χ0v) is 19.9. The van der Waals surface area contributed by atoms with Crippen LogP contribution < -0.4 is 9.47 Å². The largest absolute Gasteiger partial charge is 0.491 e. The first-order chi connectivity index (χ1) is 15.6. The number of ether oxygens (including phenoxy) is 2. The topological polar surface area (TPSA) is 58.9 Å². The van der Waals surface area contributed by atoms with Crippen LogP contribution in [-0.4, -0.2) is 36.6 Å². The lowest BCUT2D eigenvalue weighted by Crippen LogP contribution is -2.29. The molecule has 2 aromatic rings. The van der Waals surface area contributed by atoms with Crippen LogP contribution in [0.15, 0.2) is 36.4 Å². The Hall–Kier alpha value is -2.04. The summed E-state index contributed by atoms with van der Waals surface area (Å²) in [6.45, 7) is 4.88. The van der Waals surface area contributed by atoms with Gasteiger partial charge in [0, 0.05) is 5.41 Å². The lowest BCUT2D eigenvalue weighted by atomic mass is 9.67. The smallest absolute Gasteiger partial charge is 0.122 e. The van der Waals surface area contributed by atoms with E-state index in [-0.39, 0.29) is 18.6 Å². The van der Waals surface area contributed by atoms with E-state index >= 15 is 0 Å². The van der Waals surface area contributed by atoms with Gasteiger partial charge in [0.2, 0.25) is 0 Å². The second kappa shape index (κ2) is 12.3. The molecule has 0 amide bonds. The molecule has 1 fully saturated rings. The summed E-state index contributed by atoms with van der Waals surface area (Å²) in [5.41, 5.74) is 4.92. The van der Waals surface area contributed by atoms with E-state index in [0.717, 1.165) is 35.5 Å². The van der Waals surface area contributed by atoms with Crippen LogP contribution in [0.5, 0.6) is 11.5 Å². The average Bonchev–Trinajstić information content (AvgIpc) is 2.81. The molecule has 2 aromatic carbocycles. The number of aryl methyl sites for hydroxylation is 2. The number of hydrogen-bond acceptors (Lipinski definition) is 4. The molecule has 176 valence electrons. The predicted molar refractivity (Wildman–Crippen MR) is 130 cm³/mol. The van der Waals surface area contributed by atoms with E-state index in [2.05, 4.69) is 50.2 Å². The van der Waals surface area contributed by atoms with Crippen molar-refractivity contribution in [1.82, 2.24) is 0 Å². The second-order valence-electron chi connectivity index (χ2n) is 9.16. The van der Waals surface area contributed by atoms with Crippen molar-refractivity contribution >= 4 is 0 Å². The van der Waals surface area contributed by atoms with Crippen LogP contribution in [0.1, 0.15) is 80.0 Å². The van der Waals surface area contributed by atoms with E-state index in [4.69, 9.17) is 19.7 Å². The summed E-state index contributed by atoms with van der Waals surface area (Å²) >= 11 is 0. The molecular formula is C28H40O4. The van der Waals surface area contributed by atoms with Crippen molar-refractivity contribution in [1.29, 1.82) is 0 Å². The third-order valence-electron chi connectivity index (χ3n) is 6.86. The van der Waals surface area contributed by atoms with Gasteiger partial charge < -0.3 is 19.7 Å². The summed E-state index contributed by atoms with van der Waals surface area (Å²) in [7, 11) is 0. The van der Waals surface area contributed by atoms with Crippen LogP contribution in [0.3, 0.4) is 0 Å². The van der Waals surface area contributed by atoms with Gasteiger partial charge in [0.25, 0.3) is 0 Å². The normalized spacial score (nSPS) is 17.0. The molecule has 0 unspecified atom stereocenters. The number of rotatable bonds is 8. The third kappa shape index (κ3) is 6.05. The molecule has 2 N–H and O–H groups in total. The SMILES string of the molecule is Cc1cc(C2(c3ccc(OCCO)c(C)c3)CCCCCCCCC2)ccc1OCCO. The monoisotopic (exact) mass is 440 g/mol. The zero-order chi connectivity index (χ0) is 22.8. The highest BCUT2D eigenvalue weighted by atomic mass is 16.5. The fraction of sp³-hybridized carbons (Fsp3) is 0.571. The molecule has 0 bridgehead atoms. The molecule has 3 rings (SSSR count). The molecule has 4 nitrogen and oxygen atoms in total. The Bertz CT molecular complexity index is 776. The first-order valence-corrected chi connectivity index (χ1v) is 12.3. The summed E-state index contributed by atoms with van der Waals surface area (Å²) in [6.07, 6.45) is 11.3. The zero-order valence-electron chi connectivity index (χ0n) is 19.9. The molecule has 0 aromatic heterocycles. The fourth-order valence-corrected chi connectivity index (χ4v) is 5.14. The van der Waals surface area contributed by atoms with E-state index in [1.807, 2.05) is 0 Å². The minimum absolute atomic E-state index is 0.0229. The fourth-order valence-electron chi connectivity index (χ4n) is 5.14. The first-order valence-electron chi connectivity index (χ1n) is 12.3. The van der Waals surface area contributed by atoms with Gasteiger partial charge in [-0.1, -0.05) is 69.2 Å². The number of aliphatic hydroxyl groups excluding tert-OH is 2. The Labute approximate surface area is 193 Å². The molecule has 4 heteroatoms. The van der Waals surface area contributed by atoms with Crippen molar-refractivity contribution in [3.05, 3.63) is 58.7 Å². The van der Waals surface area contributed by atoms with Crippen LogP contribution in [0.25, 0.3) is 0 Å². The molecule has 0 saturated heterocycles. The van der Waals surface area contributed by atoms with E-state index in [0.29, 0.717) is 13.2 Å². The Balaban J connectivity index is 2.03. The number of benzene rings is 2. The minimum Gasteiger partial charge on any atom is -0.491 e. The van der Waals surface area contributed by atoms with Crippen molar-refractivity contribution in [2.45, 2.75) is 77.0 Å². The molecule has 1 saturated carbocycles. The summed E-state index contributed by atoms with van der Waals surface area (Å²) in [4.78, 5) is 0. The van der Waals surface area contributed by atoms with Crippen molar-refractivity contribution < 1.29 is 19.7 Å². The summed E-state index contributed by atoms with van der Waals surface area (Å²) in [5, 5.41) is 18.3. The first kappa shape index (κ1) is 24.6. The highest BCUT2D eigenvalue weighted by Crippen LogP contribution is 2.44. The summed E-state index contributed by atoms with van der Waals surface area (Å²) in [5.74, 6) is 1.70. The van der Waals surface area contributed by atoms with Crippen LogP contribution in [0, 0.1) is 13.8 Å². The van der Waals surface area contributed by atoms with Gasteiger partial charge in [0.05, 0.1) is 13.2 Å². The maximum atomic E-state index is 9.13. The molecule has 0 radical (unpaired) electrons. The van der Waals surface area contributed by atoms with Crippen LogP contribution in [0.2, 0.25) is 0 Å². The van der Waals surface area contributed by atoms with E-state index in [1.165, 1.54) is 56.1 Å². The van der Waals surface area contributed by atoms with Gasteiger partial charge in [-0.2, -0.15) is 0 Å². The Kier molecular flexibility index (Phi) is 9.43. The van der Waals surface area contributed by atoms with Gasteiger partial charge >= 0.3 is 0 Å². The maximum absolute atomic E-state index is 9.13. The van der Waals surface area contributed by atoms with Crippen LogP contribution >= 0.6 is 0 Å². The van der Waals surface area contributed by atoms with Crippen LogP contribution in [-0.2, 0) is 5.41 Å². The standard InChI is InChI=1S/C28H40O4/c1-22-20-24(10-12-26(22)31-18-16-29)28(14-8-6-4-3-5-7-9-15-28)25-11-13-27(23(2)21-25)32-19-17-30/h10-13,20-21,29-30H,3-9,14-19H2,1-2H3. The molecular weight excluding hydrogens is 400 g/mol. The highest BCUT2D eigenvalue weighted by molar-refractivity contribution is 5.48. The second-order valence-corrected chi connectivity index (χ2v) is 9.16. The minimum atomic E-state index is -0.0299. The van der Waals surface area contributed by atoms with Gasteiger partial charge in [-0.15, -0.1) is 0 Å². The molecule has 1 aliphatic carbocycles. The Morgan fingerprint density at radius 3 is 1.44 bits per heavy atom. The average molecular weight is 441 g/mol. The number of aliphatic hydroxyl groups is 2. The third-order valence-corrected chi connectivity index (χ3v) is 6.86. The highest BCUT2D eigenvalue weighted by Gasteiger charge is 2.34. The van der Waals surface area contributed by atoms with Gasteiger partial charge in [-0.25, -0.2) is 0 Å². The lowest BCUT2D eigenvalue weighted by Gasteiger charge is -2.37. The molecule has 0 atom stereocenters. The summed E-state index contributed by atoms with van der Waals surface area (Å²) < 4.78 is 11.5. The molecule has 32 heavy (non-hydrogen) atoms. The molecule has 1 aliphatic rings. The van der Waals surface area contributed by atoms with Crippen molar-refractivity contribution in [2.75, 3.05) is 26.4 Å². The molecule has 0 spiro atoms. The Morgan fingerprint density at radius 1 is 0.656 bits per heavy atom. The van der Waals surface area contributed by atoms with Crippen molar-refractivity contribution in [3.8, 4) is 11.5 Å². The molecule has 0 heterocycles. The number of hydrogen-bond donors (Lipinski definition) is 2. The Morgan fingerprint density at radius 2 is 1.06 bits per heavy atom.